The number of hydrogen-bond acceptors (Lipinski definition) is 9. The van der Waals surface area contributed by atoms with Gasteiger partial charge in [-0.2, -0.15) is 0 Å². The van der Waals surface area contributed by atoms with E-state index < -0.39 is 45.6 Å². The maximum absolute atomic E-state index is 12.7. The van der Waals surface area contributed by atoms with E-state index in [-0.39, 0.29) is 31.2 Å². The maximum Gasteiger partial charge on any atom is 0.313 e. The number of aliphatic hydroxyl groups excluding tert-OH is 3. The molecule has 5 atom stereocenters. The molecular formula is C29H44BrNO8S2. The first-order valence-electron chi connectivity index (χ1n) is 13.8. The fourth-order valence-electron chi connectivity index (χ4n) is 4.95. The number of amides is 1. The van der Waals surface area contributed by atoms with E-state index in [0.717, 1.165) is 20.8 Å². The summed E-state index contributed by atoms with van der Waals surface area (Å²) in [6.07, 6.45) is 9.23. The molecule has 0 saturated heterocycles. The van der Waals surface area contributed by atoms with Crippen LogP contribution in [-0.4, -0.2) is 78.1 Å². The van der Waals surface area contributed by atoms with E-state index in [9.17, 15) is 33.3 Å². The van der Waals surface area contributed by atoms with Gasteiger partial charge >= 0.3 is 5.97 Å². The molecule has 1 aliphatic carbocycles. The van der Waals surface area contributed by atoms with Crippen LogP contribution >= 0.6 is 27.3 Å². The third-order valence-corrected chi connectivity index (χ3v) is 10.7. The number of sulfonamides is 1. The summed E-state index contributed by atoms with van der Waals surface area (Å²) < 4.78 is 31.0. The van der Waals surface area contributed by atoms with Crippen molar-refractivity contribution < 1.29 is 38.1 Å². The third-order valence-electron chi connectivity index (χ3n) is 7.36. The molecule has 1 saturated carbocycles. The van der Waals surface area contributed by atoms with Gasteiger partial charge in [-0.25, -0.2) is 12.7 Å². The molecule has 232 valence electrons. The number of nitrogens with zero attached hydrogens (tertiary/aromatic N) is 1. The normalized spacial score (nSPS) is 22.5. The number of methoxy groups -OCH3 is 1. The number of ether oxygens (including phenoxy) is 1. The van der Waals surface area contributed by atoms with Gasteiger partial charge in [-0.05, 0) is 86.4 Å². The van der Waals surface area contributed by atoms with E-state index in [2.05, 4.69) is 22.0 Å². The Morgan fingerprint density at radius 1 is 1.27 bits per heavy atom. The predicted molar refractivity (Wildman–Crippen MR) is 164 cm³/mol. The number of aliphatic hydroxyl groups is 3. The van der Waals surface area contributed by atoms with Gasteiger partial charge in [-0.1, -0.05) is 24.3 Å². The fraction of sp³-hybridized carbons (Fsp3) is 0.655. The Kier molecular flexibility index (Phi) is 13.7. The minimum Gasteiger partial charge on any atom is -0.469 e. The number of rotatable bonds is 15. The molecule has 1 aromatic heterocycles. The van der Waals surface area contributed by atoms with Crippen LogP contribution in [0.4, 0.5) is 0 Å². The molecule has 9 nitrogen and oxygen atoms in total. The summed E-state index contributed by atoms with van der Waals surface area (Å²) >= 11 is 5.18. The molecule has 0 unspecified atom stereocenters. The number of allylic oxidation sites excluding steroid dienone is 2. The summed E-state index contributed by atoms with van der Waals surface area (Å²) in [5.41, 5.74) is -0.00186. The van der Waals surface area contributed by atoms with Crippen LogP contribution in [0, 0.1) is 24.2 Å². The van der Waals surface area contributed by atoms with Crippen LogP contribution in [0.25, 0.3) is 0 Å². The second-order valence-electron chi connectivity index (χ2n) is 11.4. The molecule has 1 amide bonds. The zero-order valence-electron chi connectivity index (χ0n) is 24.5. The second kappa shape index (κ2) is 15.8. The summed E-state index contributed by atoms with van der Waals surface area (Å²) in [6, 6.07) is 2.11. The van der Waals surface area contributed by atoms with Crippen LogP contribution in [0.5, 0.6) is 0 Å². The lowest BCUT2D eigenvalue weighted by molar-refractivity contribution is -0.151. The van der Waals surface area contributed by atoms with Crippen LogP contribution < -0.4 is 0 Å². The summed E-state index contributed by atoms with van der Waals surface area (Å²) in [7, 11) is -2.65. The van der Waals surface area contributed by atoms with Crippen molar-refractivity contribution in [3.05, 3.63) is 44.6 Å². The van der Waals surface area contributed by atoms with Gasteiger partial charge < -0.3 is 20.1 Å². The first-order chi connectivity index (χ1) is 19.1. The molecule has 0 aromatic carbocycles. The summed E-state index contributed by atoms with van der Waals surface area (Å²) in [6.45, 7) is 4.78. The number of aryl methyl sites for hydroxylation is 2. The first-order valence-corrected chi connectivity index (χ1v) is 17.2. The zero-order valence-corrected chi connectivity index (χ0v) is 27.7. The largest absolute Gasteiger partial charge is 0.469 e. The van der Waals surface area contributed by atoms with Crippen molar-refractivity contribution in [1.82, 2.24) is 4.31 Å². The summed E-state index contributed by atoms with van der Waals surface area (Å²) in [5.74, 6) is -1.68. The Morgan fingerprint density at radius 2 is 1.95 bits per heavy atom. The van der Waals surface area contributed by atoms with Crippen LogP contribution in [0.15, 0.2) is 34.2 Å². The molecule has 1 heterocycles. The van der Waals surface area contributed by atoms with Crippen LogP contribution in [0.2, 0.25) is 0 Å². The highest BCUT2D eigenvalue weighted by Gasteiger charge is 2.39. The number of thiophene rings is 1. The Morgan fingerprint density at radius 3 is 2.54 bits per heavy atom. The van der Waals surface area contributed by atoms with Crippen molar-refractivity contribution in [2.75, 3.05) is 19.9 Å². The average Bonchev–Trinajstić information content (AvgIpc) is 3.35. The minimum atomic E-state index is -3.86. The van der Waals surface area contributed by atoms with E-state index in [0.29, 0.717) is 25.7 Å². The molecule has 1 aliphatic rings. The molecule has 2 rings (SSSR count). The van der Waals surface area contributed by atoms with Gasteiger partial charge in [-0.15, -0.1) is 11.3 Å². The first kappa shape index (κ1) is 35.6. The Bertz CT molecular complexity index is 1170. The molecule has 0 radical (unpaired) electrons. The molecule has 1 fully saturated rings. The predicted octanol–water partition coefficient (Wildman–Crippen LogP) is 4.13. The third kappa shape index (κ3) is 10.9. The number of hydrogen-bond donors (Lipinski definition) is 3. The Hall–Kier alpha value is -1.57. The van der Waals surface area contributed by atoms with Gasteiger partial charge in [0.2, 0.25) is 15.9 Å². The van der Waals surface area contributed by atoms with Crippen molar-refractivity contribution in [3.63, 3.8) is 0 Å². The Labute approximate surface area is 256 Å². The monoisotopic (exact) mass is 677 g/mol. The minimum absolute atomic E-state index is 0.00925. The maximum atomic E-state index is 12.7. The summed E-state index contributed by atoms with van der Waals surface area (Å²) in [5, 5.41) is 31.4. The van der Waals surface area contributed by atoms with E-state index in [1.54, 1.807) is 17.4 Å². The Balaban J connectivity index is 1.86. The van der Waals surface area contributed by atoms with Gasteiger partial charge in [0.05, 0.1) is 47.4 Å². The molecule has 3 N–H and O–H groups in total. The lowest BCUT2D eigenvalue weighted by Gasteiger charge is -2.29. The van der Waals surface area contributed by atoms with E-state index >= 15 is 0 Å². The van der Waals surface area contributed by atoms with Crippen molar-refractivity contribution in [3.8, 4) is 0 Å². The van der Waals surface area contributed by atoms with Crippen LogP contribution in [-0.2, 0) is 30.8 Å². The molecular weight excluding hydrogens is 634 g/mol. The fourth-order valence-corrected chi connectivity index (χ4v) is 7.62. The standard InChI is InChI=1S/C29H44BrNO8S2/c1-19-16-21(40-27(19)30)14-12-20(32)13-15-23-22(24(33)17-25(23)34)10-8-6-7-9-11-26(35)31(41(5,37)38)18-29(2,3)28(36)39-4/h6,8,13,15-16,20,22-25,32-34H,7,9-12,14,17-18H2,1-5H3/b8-6+,15-13+/t20-,22+,23+,24-,25+/m0/s1. The van der Waals surface area contributed by atoms with Gasteiger partial charge in [0.1, 0.15) is 0 Å². The average molecular weight is 679 g/mol. The highest BCUT2D eigenvalue weighted by Crippen LogP contribution is 2.36. The zero-order chi connectivity index (χ0) is 31.0. The topological polar surface area (TPSA) is 141 Å². The van der Waals surface area contributed by atoms with Gasteiger partial charge in [0, 0.05) is 23.6 Å². The molecule has 0 aliphatic heterocycles. The molecule has 0 spiro atoms. The highest BCUT2D eigenvalue weighted by molar-refractivity contribution is 9.11. The SMILES string of the molecule is COC(=O)C(C)(C)CN(C(=O)CCC/C=C/C[C@@H]1[C@@H](/C=C/[C@@H](O)CCc2cc(C)c(Br)s2)[C@H](O)C[C@@H]1O)S(C)(=O)=O. The highest BCUT2D eigenvalue weighted by atomic mass is 79.9. The van der Waals surface area contributed by atoms with Gasteiger partial charge in [0.25, 0.3) is 0 Å². The number of carbonyl (C=O) groups is 2. The number of halogens is 1. The van der Waals surface area contributed by atoms with Crippen LogP contribution in [0.3, 0.4) is 0 Å². The lowest BCUT2D eigenvalue weighted by Crippen LogP contribution is -2.45. The molecule has 1 aromatic rings. The van der Waals surface area contributed by atoms with E-state index in [1.165, 1.54) is 31.4 Å². The molecule has 0 bridgehead atoms. The number of esters is 1. The number of unbranched alkanes of at least 4 members (excludes halogenated alkanes) is 1. The lowest BCUT2D eigenvalue weighted by atomic mass is 9.89. The van der Waals surface area contributed by atoms with Crippen molar-refractivity contribution in [2.45, 2.75) is 84.0 Å². The van der Waals surface area contributed by atoms with Crippen LogP contribution in [0.1, 0.15) is 62.8 Å². The number of carbonyl (C=O) groups excluding carboxylic acids is 2. The van der Waals surface area contributed by atoms with Gasteiger partial charge in [0.15, 0.2) is 0 Å². The smallest absolute Gasteiger partial charge is 0.313 e. The van der Waals surface area contributed by atoms with E-state index in [1.807, 2.05) is 25.2 Å². The van der Waals surface area contributed by atoms with E-state index in [4.69, 9.17) is 4.74 Å². The van der Waals surface area contributed by atoms with Crippen molar-refractivity contribution in [2.24, 2.45) is 17.3 Å². The second-order valence-corrected chi connectivity index (χ2v) is 15.8. The van der Waals surface area contributed by atoms with Gasteiger partial charge in [-0.3, -0.25) is 9.59 Å². The van der Waals surface area contributed by atoms with Crippen molar-refractivity contribution in [1.29, 1.82) is 0 Å². The van der Waals surface area contributed by atoms with Crippen molar-refractivity contribution >= 4 is 49.2 Å². The molecule has 12 heteroatoms. The summed E-state index contributed by atoms with van der Waals surface area (Å²) in [4.78, 5) is 25.9. The quantitative estimate of drug-likeness (QED) is 0.143. The molecule has 41 heavy (non-hydrogen) atoms.